The zero-order chi connectivity index (χ0) is 17.4. The predicted molar refractivity (Wildman–Crippen MR) is 92.3 cm³/mol. The van der Waals surface area contributed by atoms with Crippen molar-refractivity contribution < 1.29 is 9.90 Å². The molecule has 1 aliphatic heterocycles. The third-order valence-electron chi connectivity index (χ3n) is 4.80. The number of carbonyl (C=O) groups is 1. The average Bonchev–Trinajstić information content (AvgIpc) is 3.26. The fourth-order valence-electron chi connectivity index (χ4n) is 3.56. The second kappa shape index (κ2) is 6.33. The van der Waals surface area contributed by atoms with E-state index >= 15 is 0 Å². The van der Waals surface area contributed by atoms with Gasteiger partial charge in [0, 0.05) is 50.0 Å². The number of hydrogen-bond acceptors (Lipinski definition) is 4. The first-order chi connectivity index (χ1) is 12.2. The molecule has 7 nitrogen and oxygen atoms in total. The molecule has 0 saturated carbocycles. The van der Waals surface area contributed by atoms with E-state index in [4.69, 9.17) is 5.11 Å². The van der Waals surface area contributed by atoms with Gasteiger partial charge >= 0.3 is 0 Å². The zero-order valence-electron chi connectivity index (χ0n) is 14.2. The number of aliphatic hydroxyl groups excluding tert-OH is 1. The first-order valence-electron chi connectivity index (χ1n) is 8.62. The van der Waals surface area contributed by atoms with E-state index in [2.05, 4.69) is 33.8 Å². The molecule has 1 N–H and O–H groups in total. The maximum absolute atomic E-state index is 13.1. The van der Waals surface area contributed by atoms with Crippen molar-refractivity contribution in [1.29, 1.82) is 0 Å². The molecule has 0 bridgehead atoms. The van der Waals surface area contributed by atoms with Crippen molar-refractivity contribution in [3.05, 3.63) is 53.7 Å². The van der Waals surface area contributed by atoms with Crippen LogP contribution in [0.1, 0.15) is 41.1 Å². The minimum Gasteiger partial charge on any atom is -0.396 e. The fraction of sp³-hybridized carbons (Fsp3) is 0.389. The summed E-state index contributed by atoms with van der Waals surface area (Å²) in [5, 5.41) is 13.5. The summed E-state index contributed by atoms with van der Waals surface area (Å²) >= 11 is 0. The Hall–Kier alpha value is -2.67. The predicted octanol–water partition coefficient (Wildman–Crippen LogP) is 1.67. The summed E-state index contributed by atoms with van der Waals surface area (Å²) in [6.07, 6.45) is 6.98. The topological polar surface area (TPSA) is 75.7 Å². The van der Waals surface area contributed by atoms with E-state index in [0.717, 1.165) is 18.5 Å². The molecule has 4 rings (SSSR count). The number of hydrogen-bond donors (Lipinski definition) is 1. The maximum atomic E-state index is 13.1. The van der Waals surface area contributed by atoms with E-state index in [1.54, 1.807) is 16.8 Å². The highest BCUT2D eigenvalue weighted by molar-refractivity contribution is 5.93. The molecule has 0 aliphatic carbocycles. The van der Waals surface area contributed by atoms with Crippen LogP contribution in [0.25, 0.3) is 5.65 Å². The van der Waals surface area contributed by atoms with Gasteiger partial charge in [0.2, 0.25) is 0 Å². The van der Waals surface area contributed by atoms with E-state index < -0.39 is 0 Å². The van der Waals surface area contributed by atoms with Gasteiger partial charge in [-0.2, -0.15) is 5.10 Å². The molecule has 0 unspecified atom stereocenters. The summed E-state index contributed by atoms with van der Waals surface area (Å²) in [6, 6.07) is 5.91. The highest BCUT2D eigenvalue weighted by Crippen LogP contribution is 2.29. The van der Waals surface area contributed by atoms with E-state index in [-0.39, 0.29) is 18.6 Å². The minimum atomic E-state index is -0.0616. The summed E-state index contributed by atoms with van der Waals surface area (Å²) in [4.78, 5) is 19.3. The van der Waals surface area contributed by atoms with Crippen LogP contribution in [-0.2, 0) is 13.0 Å². The normalized spacial score (nSPS) is 17.0. The Morgan fingerprint density at radius 1 is 1.40 bits per heavy atom. The van der Waals surface area contributed by atoms with E-state index in [1.165, 1.54) is 5.69 Å². The van der Waals surface area contributed by atoms with Gasteiger partial charge in [-0.15, -0.1) is 0 Å². The Morgan fingerprint density at radius 2 is 2.28 bits per heavy atom. The maximum Gasteiger partial charge on any atom is 0.275 e. The molecule has 4 heterocycles. The molecule has 3 aromatic heterocycles. The monoisotopic (exact) mass is 339 g/mol. The van der Waals surface area contributed by atoms with E-state index in [9.17, 15) is 4.79 Å². The highest BCUT2D eigenvalue weighted by atomic mass is 16.3. The molecule has 1 aliphatic rings. The van der Waals surface area contributed by atoms with Crippen LogP contribution >= 0.6 is 0 Å². The van der Waals surface area contributed by atoms with Gasteiger partial charge < -0.3 is 14.6 Å². The van der Waals surface area contributed by atoms with Gasteiger partial charge in [0.1, 0.15) is 0 Å². The molecule has 7 heteroatoms. The number of rotatable bonds is 4. The van der Waals surface area contributed by atoms with Crippen LogP contribution in [0.4, 0.5) is 0 Å². The van der Waals surface area contributed by atoms with Crippen molar-refractivity contribution in [2.24, 2.45) is 0 Å². The Labute approximate surface area is 145 Å². The number of aromatic nitrogens is 4. The lowest BCUT2D eigenvalue weighted by molar-refractivity contribution is 0.0611. The van der Waals surface area contributed by atoms with Gasteiger partial charge in [0.05, 0.1) is 6.04 Å². The Kier molecular flexibility index (Phi) is 4.01. The van der Waals surface area contributed by atoms with Crippen molar-refractivity contribution in [2.75, 3.05) is 13.2 Å². The number of aliphatic hydroxyl groups is 1. The summed E-state index contributed by atoms with van der Waals surface area (Å²) in [6.45, 7) is 3.64. The molecule has 1 atom stereocenters. The van der Waals surface area contributed by atoms with Gasteiger partial charge in [0.25, 0.3) is 5.91 Å². The van der Waals surface area contributed by atoms with Crippen LogP contribution in [0.5, 0.6) is 0 Å². The van der Waals surface area contributed by atoms with Gasteiger partial charge in [-0.05, 0) is 30.5 Å². The van der Waals surface area contributed by atoms with Crippen LogP contribution in [0.2, 0.25) is 0 Å². The standard InChI is InChI=1S/C18H21N5O2/c1-2-15-16-4-3-6-21(16)7-8-22(15)18(25)14-10-17-19-11-13(5-9-24)12-23(17)20-14/h3-4,6,10-12,15,24H,2,5,7-9H2,1H3/t15-/m0/s1. The second-order valence-electron chi connectivity index (χ2n) is 6.32. The van der Waals surface area contributed by atoms with E-state index in [0.29, 0.717) is 24.3 Å². The van der Waals surface area contributed by atoms with Gasteiger partial charge in [-0.3, -0.25) is 4.79 Å². The van der Waals surface area contributed by atoms with Crippen molar-refractivity contribution in [1.82, 2.24) is 24.1 Å². The Bertz CT molecular complexity index is 913. The van der Waals surface area contributed by atoms with Crippen LogP contribution in [-0.4, -0.2) is 48.2 Å². The molecular formula is C18H21N5O2. The smallest absolute Gasteiger partial charge is 0.275 e. The van der Waals surface area contributed by atoms with Crippen molar-refractivity contribution in [3.63, 3.8) is 0 Å². The van der Waals surface area contributed by atoms with Crippen LogP contribution in [0, 0.1) is 0 Å². The van der Waals surface area contributed by atoms with E-state index in [1.807, 2.05) is 17.2 Å². The molecule has 0 radical (unpaired) electrons. The molecule has 3 aromatic rings. The van der Waals surface area contributed by atoms with Crippen LogP contribution in [0.15, 0.2) is 36.8 Å². The quantitative estimate of drug-likeness (QED) is 0.784. The molecule has 1 amide bonds. The van der Waals surface area contributed by atoms with Gasteiger partial charge in [-0.1, -0.05) is 6.92 Å². The molecule has 25 heavy (non-hydrogen) atoms. The average molecular weight is 339 g/mol. The molecule has 130 valence electrons. The van der Waals surface area contributed by atoms with Crippen molar-refractivity contribution >= 4 is 11.6 Å². The van der Waals surface area contributed by atoms with Crippen molar-refractivity contribution in [3.8, 4) is 0 Å². The second-order valence-corrected chi connectivity index (χ2v) is 6.32. The number of carbonyl (C=O) groups excluding carboxylic acids is 1. The fourth-order valence-corrected chi connectivity index (χ4v) is 3.56. The SMILES string of the molecule is CC[C@H]1c2cccn2CCN1C(=O)c1cc2ncc(CCO)cn2n1. The first-order valence-corrected chi connectivity index (χ1v) is 8.62. The summed E-state index contributed by atoms with van der Waals surface area (Å²) in [7, 11) is 0. The molecule has 0 fully saturated rings. The summed E-state index contributed by atoms with van der Waals surface area (Å²) < 4.78 is 3.83. The third-order valence-corrected chi connectivity index (χ3v) is 4.80. The minimum absolute atomic E-state index is 0.0614. The first kappa shape index (κ1) is 15.8. The zero-order valence-corrected chi connectivity index (χ0v) is 14.2. The molecule has 0 saturated heterocycles. The molecule has 0 spiro atoms. The van der Waals surface area contributed by atoms with Gasteiger partial charge in [0.15, 0.2) is 11.3 Å². The van der Waals surface area contributed by atoms with Crippen LogP contribution < -0.4 is 0 Å². The third kappa shape index (κ3) is 2.70. The highest BCUT2D eigenvalue weighted by Gasteiger charge is 2.31. The summed E-state index contributed by atoms with van der Waals surface area (Å²) in [5.41, 5.74) is 3.11. The largest absolute Gasteiger partial charge is 0.396 e. The summed E-state index contributed by atoms with van der Waals surface area (Å²) in [5.74, 6) is -0.0616. The number of fused-ring (bicyclic) bond motifs is 2. The molecule has 0 aromatic carbocycles. The Balaban J connectivity index is 1.65. The lowest BCUT2D eigenvalue weighted by Gasteiger charge is -2.36. The number of amides is 1. The molecular weight excluding hydrogens is 318 g/mol. The lowest BCUT2D eigenvalue weighted by atomic mass is 10.1. The Morgan fingerprint density at radius 3 is 3.08 bits per heavy atom. The van der Waals surface area contributed by atoms with Gasteiger partial charge in [-0.25, -0.2) is 9.50 Å². The lowest BCUT2D eigenvalue weighted by Crippen LogP contribution is -2.41. The van der Waals surface area contributed by atoms with Crippen molar-refractivity contribution in [2.45, 2.75) is 32.4 Å². The van der Waals surface area contributed by atoms with Crippen LogP contribution in [0.3, 0.4) is 0 Å². The number of nitrogens with zero attached hydrogens (tertiary/aromatic N) is 5.